The SMILES string of the molecule is NC(=O)c1ccc(-n2c3ccccc3c3c(-c4nc5ccc(F)cc5[nH]4)cccc32)cc1NCCO. The Kier molecular flexibility index (Phi) is 5.16. The number of amides is 1. The van der Waals surface area contributed by atoms with E-state index in [9.17, 15) is 14.3 Å². The number of aliphatic hydroxyl groups excluding tert-OH is 1. The minimum Gasteiger partial charge on any atom is -0.395 e. The number of H-pyrrole nitrogens is 1. The number of nitrogens with zero attached hydrogens (tertiary/aromatic N) is 2. The number of imidazole rings is 1. The number of carbonyl (C=O) groups excluding carboxylic acids is 1. The number of carbonyl (C=O) groups is 1. The second kappa shape index (κ2) is 8.51. The normalized spacial score (nSPS) is 11.5. The molecule has 0 bridgehead atoms. The molecule has 4 aromatic carbocycles. The molecule has 6 rings (SSSR count). The number of rotatable bonds is 6. The van der Waals surface area contributed by atoms with Gasteiger partial charge < -0.3 is 25.7 Å². The molecule has 6 aromatic rings. The Morgan fingerprint density at radius 3 is 2.69 bits per heavy atom. The van der Waals surface area contributed by atoms with Crippen molar-refractivity contribution in [1.29, 1.82) is 0 Å². The zero-order chi connectivity index (χ0) is 24.8. The van der Waals surface area contributed by atoms with Crippen LogP contribution in [0.3, 0.4) is 0 Å². The highest BCUT2D eigenvalue weighted by molar-refractivity contribution is 6.15. The molecule has 8 heteroatoms. The lowest BCUT2D eigenvalue weighted by Gasteiger charge is -2.14. The molecule has 0 unspecified atom stereocenters. The van der Waals surface area contributed by atoms with Crippen LogP contribution >= 0.6 is 0 Å². The van der Waals surface area contributed by atoms with Crippen LogP contribution in [0.15, 0.2) is 78.9 Å². The van der Waals surface area contributed by atoms with Crippen LogP contribution in [0.4, 0.5) is 10.1 Å². The molecule has 1 amide bonds. The number of halogens is 1. The number of anilines is 1. The summed E-state index contributed by atoms with van der Waals surface area (Å²) in [5.74, 6) is -0.219. The first-order valence-electron chi connectivity index (χ1n) is 11.5. The van der Waals surface area contributed by atoms with Gasteiger partial charge in [-0.05, 0) is 48.5 Å². The van der Waals surface area contributed by atoms with Gasteiger partial charge in [0.05, 0.1) is 34.2 Å². The van der Waals surface area contributed by atoms with E-state index >= 15 is 0 Å². The minimum atomic E-state index is -0.548. The van der Waals surface area contributed by atoms with Crippen LogP contribution in [-0.4, -0.2) is 38.7 Å². The standard InChI is InChI=1S/C28H22FN5O2/c29-16-8-11-21-23(14-16)33-28(32-21)20-5-3-7-25-26(20)19-4-1-2-6-24(19)34(25)17-9-10-18(27(30)36)22(15-17)31-12-13-35/h1-11,14-15,31,35H,12-13H2,(H2,30,36)(H,32,33). The van der Waals surface area contributed by atoms with Crippen molar-refractivity contribution in [3.05, 3.63) is 90.2 Å². The third-order valence-electron chi connectivity index (χ3n) is 6.35. The Morgan fingerprint density at radius 1 is 1.03 bits per heavy atom. The zero-order valence-corrected chi connectivity index (χ0v) is 19.1. The van der Waals surface area contributed by atoms with Crippen molar-refractivity contribution in [3.63, 3.8) is 0 Å². The minimum absolute atomic E-state index is 0.0808. The van der Waals surface area contributed by atoms with Gasteiger partial charge in [-0.3, -0.25) is 4.79 Å². The molecule has 2 heterocycles. The molecule has 0 fully saturated rings. The molecule has 0 radical (unpaired) electrons. The smallest absolute Gasteiger partial charge is 0.250 e. The van der Waals surface area contributed by atoms with E-state index in [1.165, 1.54) is 12.1 Å². The monoisotopic (exact) mass is 479 g/mol. The number of fused-ring (bicyclic) bond motifs is 4. The van der Waals surface area contributed by atoms with E-state index < -0.39 is 5.91 Å². The van der Waals surface area contributed by atoms with Crippen molar-refractivity contribution in [3.8, 4) is 17.1 Å². The Morgan fingerprint density at radius 2 is 1.86 bits per heavy atom. The maximum absolute atomic E-state index is 13.8. The fourth-order valence-corrected chi connectivity index (χ4v) is 4.83. The number of aliphatic hydroxyl groups is 1. The van der Waals surface area contributed by atoms with Crippen molar-refractivity contribution in [2.24, 2.45) is 5.73 Å². The largest absolute Gasteiger partial charge is 0.395 e. The summed E-state index contributed by atoms with van der Waals surface area (Å²) < 4.78 is 15.9. The van der Waals surface area contributed by atoms with Crippen molar-refractivity contribution >= 4 is 44.4 Å². The molecule has 0 aliphatic rings. The van der Waals surface area contributed by atoms with Gasteiger partial charge in [-0.15, -0.1) is 0 Å². The number of aromatic amines is 1. The van der Waals surface area contributed by atoms with E-state index in [4.69, 9.17) is 10.7 Å². The summed E-state index contributed by atoms with van der Waals surface area (Å²) in [6.45, 7) is 0.205. The number of para-hydroxylation sites is 1. The molecule has 0 aliphatic heterocycles. The van der Waals surface area contributed by atoms with E-state index in [-0.39, 0.29) is 19.0 Å². The molecule has 0 spiro atoms. The van der Waals surface area contributed by atoms with Gasteiger partial charge >= 0.3 is 0 Å². The van der Waals surface area contributed by atoms with Gasteiger partial charge in [0.15, 0.2) is 0 Å². The summed E-state index contributed by atoms with van der Waals surface area (Å²) in [7, 11) is 0. The van der Waals surface area contributed by atoms with Crippen LogP contribution in [0.2, 0.25) is 0 Å². The van der Waals surface area contributed by atoms with Gasteiger partial charge in [0, 0.05) is 34.3 Å². The van der Waals surface area contributed by atoms with Gasteiger partial charge in [0.2, 0.25) is 0 Å². The topological polar surface area (TPSA) is 109 Å². The highest BCUT2D eigenvalue weighted by Gasteiger charge is 2.19. The van der Waals surface area contributed by atoms with Crippen LogP contribution in [0.5, 0.6) is 0 Å². The number of nitrogens with two attached hydrogens (primary N) is 1. The number of primary amides is 1. The van der Waals surface area contributed by atoms with E-state index in [1.54, 1.807) is 12.1 Å². The average molecular weight is 480 g/mol. The van der Waals surface area contributed by atoms with E-state index in [1.807, 2.05) is 48.5 Å². The first-order chi connectivity index (χ1) is 17.5. The summed E-state index contributed by atoms with van der Waals surface area (Å²) in [4.78, 5) is 20.0. The lowest BCUT2D eigenvalue weighted by Crippen LogP contribution is -2.16. The van der Waals surface area contributed by atoms with E-state index in [0.29, 0.717) is 28.1 Å². The maximum atomic E-state index is 13.8. The summed E-state index contributed by atoms with van der Waals surface area (Å²) in [5, 5.41) is 14.4. The number of hydrogen-bond donors (Lipinski definition) is 4. The predicted octanol–water partition coefficient (Wildman–Crippen LogP) is 4.97. The van der Waals surface area contributed by atoms with Crippen LogP contribution in [0, 0.1) is 5.82 Å². The molecule has 0 saturated carbocycles. The maximum Gasteiger partial charge on any atom is 0.250 e. The van der Waals surface area contributed by atoms with Crippen LogP contribution in [-0.2, 0) is 0 Å². The van der Waals surface area contributed by atoms with E-state index in [2.05, 4.69) is 20.9 Å². The van der Waals surface area contributed by atoms with Gasteiger partial charge in [0.25, 0.3) is 5.91 Å². The van der Waals surface area contributed by atoms with Crippen LogP contribution < -0.4 is 11.1 Å². The average Bonchev–Trinajstić information content (AvgIpc) is 3.46. The molecular formula is C28H22FN5O2. The summed E-state index contributed by atoms with van der Waals surface area (Å²) in [6, 6.07) is 24.0. The van der Waals surface area contributed by atoms with Gasteiger partial charge in [0.1, 0.15) is 11.6 Å². The lowest BCUT2D eigenvalue weighted by atomic mass is 10.1. The van der Waals surface area contributed by atoms with Crippen LogP contribution in [0.25, 0.3) is 49.9 Å². The Labute approximate surface area is 205 Å². The molecule has 7 nitrogen and oxygen atoms in total. The molecule has 2 aromatic heterocycles. The summed E-state index contributed by atoms with van der Waals surface area (Å²) in [6.07, 6.45) is 0. The van der Waals surface area contributed by atoms with Crippen molar-refractivity contribution < 1.29 is 14.3 Å². The molecule has 178 valence electrons. The molecule has 5 N–H and O–H groups in total. The molecule has 0 aliphatic carbocycles. The fraction of sp³-hybridized carbons (Fsp3) is 0.0714. The zero-order valence-electron chi connectivity index (χ0n) is 19.1. The quantitative estimate of drug-likeness (QED) is 0.270. The lowest BCUT2D eigenvalue weighted by molar-refractivity contribution is 0.100. The van der Waals surface area contributed by atoms with Crippen LogP contribution in [0.1, 0.15) is 10.4 Å². The molecule has 36 heavy (non-hydrogen) atoms. The predicted molar refractivity (Wildman–Crippen MR) is 140 cm³/mol. The molecular weight excluding hydrogens is 457 g/mol. The second-order valence-electron chi connectivity index (χ2n) is 8.54. The van der Waals surface area contributed by atoms with Gasteiger partial charge in [-0.25, -0.2) is 9.37 Å². The summed E-state index contributed by atoms with van der Waals surface area (Å²) in [5.41, 5.74) is 11.4. The number of hydrogen-bond acceptors (Lipinski definition) is 4. The highest BCUT2D eigenvalue weighted by atomic mass is 19.1. The fourth-order valence-electron chi connectivity index (χ4n) is 4.83. The van der Waals surface area contributed by atoms with Gasteiger partial charge in [-0.2, -0.15) is 0 Å². The first kappa shape index (κ1) is 21.8. The van der Waals surface area contributed by atoms with E-state index in [0.717, 1.165) is 33.1 Å². The number of benzene rings is 4. The third-order valence-corrected chi connectivity index (χ3v) is 6.35. The van der Waals surface area contributed by atoms with Gasteiger partial charge in [-0.1, -0.05) is 30.3 Å². The van der Waals surface area contributed by atoms with Crippen molar-refractivity contribution in [1.82, 2.24) is 14.5 Å². The molecule has 0 atom stereocenters. The summed E-state index contributed by atoms with van der Waals surface area (Å²) >= 11 is 0. The number of nitrogens with one attached hydrogen (secondary N) is 2. The first-order valence-corrected chi connectivity index (χ1v) is 11.5. The Bertz CT molecular complexity index is 1790. The molecule has 0 saturated heterocycles. The highest BCUT2D eigenvalue weighted by Crippen LogP contribution is 2.38. The van der Waals surface area contributed by atoms with Crippen molar-refractivity contribution in [2.75, 3.05) is 18.5 Å². The second-order valence-corrected chi connectivity index (χ2v) is 8.54. The number of aromatic nitrogens is 3. The van der Waals surface area contributed by atoms with Crippen molar-refractivity contribution in [2.45, 2.75) is 0 Å². The third kappa shape index (κ3) is 3.47. The Balaban J connectivity index is 1.62. The Hall–Kier alpha value is -4.69.